The van der Waals surface area contributed by atoms with Gasteiger partial charge in [0.25, 0.3) is 0 Å². The predicted octanol–water partition coefficient (Wildman–Crippen LogP) is 1.61. The number of nitrogens with one attached hydrogen (secondary N) is 1. The number of hydrogen-bond acceptors (Lipinski definition) is 5. The van der Waals surface area contributed by atoms with E-state index in [1.54, 1.807) is 6.07 Å². The second kappa shape index (κ2) is 7.07. The first-order chi connectivity index (χ1) is 9.69. The lowest BCUT2D eigenvalue weighted by atomic mass is 10.4. The molecule has 0 bridgehead atoms. The van der Waals surface area contributed by atoms with Crippen LogP contribution in [0.1, 0.15) is 31.9 Å². The summed E-state index contributed by atoms with van der Waals surface area (Å²) in [4.78, 5) is 22.3. The summed E-state index contributed by atoms with van der Waals surface area (Å²) in [5, 5.41) is 2.99. The zero-order valence-corrected chi connectivity index (χ0v) is 12.2. The van der Waals surface area contributed by atoms with Crippen molar-refractivity contribution >= 4 is 11.9 Å². The number of ether oxygens (including phenoxy) is 1. The number of likely N-dealkylation sites (tertiary alicyclic amines) is 1. The monoisotopic (exact) mass is 278 g/mol. The highest BCUT2D eigenvalue weighted by molar-refractivity contribution is 5.80. The van der Waals surface area contributed by atoms with Crippen LogP contribution in [0.15, 0.2) is 6.07 Å². The fourth-order valence-electron chi connectivity index (χ4n) is 2.13. The standard InChI is InChI=1S/C14H22N4O2/c1-3-8-20-12-9-11(2)16-14(17-12)15-10-13(19)18-6-4-5-7-18/h9H,3-8,10H2,1-2H3,(H,15,16,17). The van der Waals surface area contributed by atoms with Crippen LogP contribution in [0.3, 0.4) is 0 Å². The molecule has 1 fully saturated rings. The summed E-state index contributed by atoms with van der Waals surface area (Å²) >= 11 is 0. The molecule has 1 aromatic rings. The Morgan fingerprint density at radius 3 is 2.85 bits per heavy atom. The Morgan fingerprint density at radius 1 is 1.40 bits per heavy atom. The number of nitrogens with zero attached hydrogens (tertiary/aromatic N) is 3. The second-order valence-corrected chi connectivity index (χ2v) is 4.96. The van der Waals surface area contributed by atoms with Crippen LogP contribution in [0.4, 0.5) is 5.95 Å². The van der Waals surface area contributed by atoms with Gasteiger partial charge < -0.3 is 15.0 Å². The van der Waals surface area contributed by atoms with E-state index in [1.165, 1.54) is 0 Å². The van der Waals surface area contributed by atoms with Crippen molar-refractivity contribution < 1.29 is 9.53 Å². The lowest BCUT2D eigenvalue weighted by molar-refractivity contribution is -0.128. The van der Waals surface area contributed by atoms with Crippen molar-refractivity contribution in [2.45, 2.75) is 33.1 Å². The van der Waals surface area contributed by atoms with E-state index in [1.807, 2.05) is 18.7 Å². The van der Waals surface area contributed by atoms with Gasteiger partial charge in [-0.25, -0.2) is 4.98 Å². The molecular weight excluding hydrogens is 256 g/mol. The zero-order chi connectivity index (χ0) is 14.4. The predicted molar refractivity (Wildman–Crippen MR) is 76.9 cm³/mol. The normalized spacial score (nSPS) is 14.4. The number of anilines is 1. The number of aromatic nitrogens is 2. The molecule has 1 saturated heterocycles. The quantitative estimate of drug-likeness (QED) is 0.856. The number of rotatable bonds is 6. The minimum atomic E-state index is 0.101. The molecule has 2 rings (SSSR count). The fourth-order valence-corrected chi connectivity index (χ4v) is 2.13. The molecule has 0 aliphatic carbocycles. The molecule has 20 heavy (non-hydrogen) atoms. The summed E-state index contributed by atoms with van der Waals surface area (Å²) < 4.78 is 5.50. The van der Waals surface area contributed by atoms with E-state index in [0.29, 0.717) is 18.4 Å². The maximum absolute atomic E-state index is 11.9. The van der Waals surface area contributed by atoms with Crippen molar-refractivity contribution in [1.82, 2.24) is 14.9 Å². The number of carbonyl (C=O) groups is 1. The van der Waals surface area contributed by atoms with E-state index in [4.69, 9.17) is 4.74 Å². The lowest BCUT2D eigenvalue weighted by Gasteiger charge is -2.15. The van der Waals surface area contributed by atoms with Gasteiger partial charge in [-0.05, 0) is 26.2 Å². The van der Waals surface area contributed by atoms with E-state index in [0.717, 1.165) is 38.0 Å². The molecule has 1 aliphatic heterocycles. The largest absolute Gasteiger partial charge is 0.478 e. The fraction of sp³-hybridized carbons (Fsp3) is 0.643. The van der Waals surface area contributed by atoms with Gasteiger partial charge in [0.05, 0.1) is 13.2 Å². The average Bonchev–Trinajstić information content (AvgIpc) is 2.96. The summed E-state index contributed by atoms with van der Waals surface area (Å²) in [5.41, 5.74) is 0.822. The van der Waals surface area contributed by atoms with Gasteiger partial charge in [0.2, 0.25) is 17.7 Å². The Labute approximate surface area is 119 Å². The number of hydrogen-bond donors (Lipinski definition) is 1. The Bertz CT molecular complexity index is 458. The molecule has 1 N–H and O–H groups in total. The molecule has 1 aliphatic rings. The summed E-state index contributed by atoms with van der Waals surface area (Å²) in [6.07, 6.45) is 3.13. The van der Waals surface area contributed by atoms with E-state index >= 15 is 0 Å². The third kappa shape index (κ3) is 4.08. The van der Waals surface area contributed by atoms with Crippen molar-refractivity contribution in [3.8, 4) is 5.88 Å². The first-order valence-corrected chi connectivity index (χ1v) is 7.19. The van der Waals surface area contributed by atoms with Crippen LogP contribution in [0, 0.1) is 6.92 Å². The topological polar surface area (TPSA) is 67.3 Å². The molecule has 2 heterocycles. The van der Waals surface area contributed by atoms with Crippen LogP contribution in [0.2, 0.25) is 0 Å². The molecule has 0 aromatic carbocycles. The van der Waals surface area contributed by atoms with Gasteiger partial charge in [-0.3, -0.25) is 4.79 Å². The Hall–Kier alpha value is -1.85. The van der Waals surface area contributed by atoms with Crippen LogP contribution < -0.4 is 10.1 Å². The molecule has 1 amide bonds. The smallest absolute Gasteiger partial charge is 0.241 e. The average molecular weight is 278 g/mol. The summed E-state index contributed by atoms with van der Waals surface area (Å²) in [6.45, 7) is 6.51. The lowest BCUT2D eigenvalue weighted by Crippen LogP contribution is -2.33. The first kappa shape index (κ1) is 14.6. The van der Waals surface area contributed by atoms with Crippen molar-refractivity contribution in [3.05, 3.63) is 11.8 Å². The van der Waals surface area contributed by atoms with E-state index < -0.39 is 0 Å². The Balaban J connectivity index is 1.91. The third-order valence-electron chi connectivity index (χ3n) is 3.14. The number of aryl methyl sites for hydroxylation is 1. The van der Waals surface area contributed by atoms with Gasteiger partial charge in [-0.1, -0.05) is 6.92 Å². The van der Waals surface area contributed by atoms with Crippen molar-refractivity contribution in [2.75, 3.05) is 31.6 Å². The van der Waals surface area contributed by atoms with Crippen LogP contribution in [-0.4, -0.2) is 47.0 Å². The van der Waals surface area contributed by atoms with Crippen LogP contribution in [0.5, 0.6) is 5.88 Å². The molecule has 110 valence electrons. The Morgan fingerprint density at radius 2 is 2.15 bits per heavy atom. The van der Waals surface area contributed by atoms with Gasteiger partial charge in [0.15, 0.2) is 0 Å². The maximum atomic E-state index is 11.9. The van der Waals surface area contributed by atoms with Crippen molar-refractivity contribution in [3.63, 3.8) is 0 Å². The minimum absolute atomic E-state index is 0.101. The van der Waals surface area contributed by atoms with Crippen LogP contribution in [-0.2, 0) is 4.79 Å². The van der Waals surface area contributed by atoms with Gasteiger partial charge in [-0.15, -0.1) is 0 Å². The molecule has 0 spiro atoms. The summed E-state index contributed by atoms with van der Waals surface area (Å²) in [6, 6.07) is 1.79. The highest BCUT2D eigenvalue weighted by Gasteiger charge is 2.17. The number of carbonyl (C=O) groups excluding carboxylic acids is 1. The zero-order valence-electron chi connectivity index (χ0n) is 12.2. The van der Waals surface area contributed by atoms with Gasteiger partial charge in [0.1, 0.15) is 0 Å². The molecule has 0 saturated carbocycles. The molecule has 6 nitrogen and oxygen atoms in total. The van der Waals surface area contributed by atoms with Gasteiger partial charge in [0, 0.05) is 24.8 Å². The first-order valence-electron chi connectivity index (χ1n) is 7.19. The highest BCUT2D eigenvalue weighted by atomic mass is 16.5. The van der Waals surface area contributed by atoms with E-state index in [9.17, 15) is 4.79 Å². The maximum Gasteiger partial charge on any atom is 0.241 e. The summed E-state index contributed by atoms with van der Waals surface area (Å²) in [7, 11) is 0. The third-order valence-corrected chi connectivity index (χ3v) is 3.14. The van der Waals surface area contributed by atoms with Crippen LogP contribution in [0.25, 0.3) is 0 Å². The Kier molecular flexibility index (Phi) is 5.15. The molecule has 0 radical (unpaired) electrons. The van der Waals surface area contributed by atoms with E-state index in [2.05, 4.69) is 15.3 Å². The van der Waals surface area contributed by atoms with Crippen molar-refractivity contribution in [2.24, 2.45) is 0 Å². The summed E-state index contributed by atoms with van der Waals surface area (Å²) in [5.74, 6) is 1.10. The van der Waals surface area contributed by atoms with Gasteiger partial charge in [-0.2, -0.15) is 4.98 Å². The number of amides is 1. The molecule has 0 atom stereocenters. The molecule has 1 aromatic heterocycles. The van der Waals surface area contributed by atoms with E-state index in [-0.39, 0.29) is 12.5 Å². The second-order valence-electron chi connectivity index (χ2n) is 4.96. The molecule has 0 unspecified atom stereocenters. The molecular formula is C14H22N4O2. The minimum Gasteiger partial charge on any atom is -0.478 e. The highest BCUT2D eigenvalue weighted by Crippen LogP contribution is 2.12. The molecule has 6 heteroatoms. The van der Waals surface area contributed by atoms with Crippen molar-refractivity contribution in [1.29, 1.82) is 0 Å². The SMILES string of the molecule is CCCOc1cc(C)nc(NCC(=O)N2CCCC2)n1. The van der Waals surface area contributed by atoms with Gasteiger partial charge >= 0.3 is 0 Å². The van der Waals surface area contributed by atoms with Crippen LogP contribution >= 0.6 is 0 Å².